The molecule has 0 fully saturated rings. The fourth-order valence-corrected chi connectivity index (χ4v) is 2.32. The molecule has 22 heavy (non-hydrogen) atoms. The van der Waals surface area contributed by atoms with Crippen molar-refractivity contribution in [1.82, 2.24) is 4.98 Å². The monoisotopic (exact) mass is 315 g/mol. The van der Waals surface area contributed by atoms with E-state index in [4.69, 9.17) is 5.11 Å². The topological polar surface area (TPSA) is 91.7 Å². The highest BCUT2D eigenvalue weighted by Gasteiger charge is 2.16. The smallest absolute Gasteiger partial charge is 0.338 e. The van der Waals surface area contributed by atoms with E-state index in [1.807, 2.05) is 18.2 Å². The van der Waals surface area contributed by atoms with Gasteiger partial charge in [-0.3, -0.25) is 10.2 Å². The maximum atomic E-state index is 11.7. The average Bonchev–Trinajstić information content (AvgIpc) is 2.52. The quantitative estimate of drug-likeness (QED) is 0.381. The molecule has 6 nitrogen and oxygen atoms in total. The third-order valence-electron chi connectivity index (χ3n) is 2.56. The second-order valence-corrected chi connectivity index (χ2v) is 5.19. The van der Waals surface area contributed by atoms with E-state index >= 15 is 0 Å². The van der Waals surface area contributed by atoms with E-state index in [0.717, 1.165) is 17.4 Å². The number of rotatable bonds is 5. The van der Waals surface area contributed by atoms with Crippen LogP contribution in [0.1, 0.15) is 17.3 Å². The number of hydrogen-bond acceptors (Lipinski definition) is 6. The van der Waals surface area contributed by atoms with Crippen LogP contribution in [-0.2, 0) is 4.79 Å². The number of benzene rings is 1. The summed E-state index contributed by atoms with van der Waals surface area (Å²) in [5.74, 6) is -1.38. The Bertz CT molecular complexity index is 717. The van der Waals surface area contributed by atoms with Gasteiger partial charge >= 0.3 is 5.97 Å². The highest BCUT2D eigenvalue weighted by Crippen LogP contribution is 2.22. The van der Waals surface area contributed by atoms with Gasteiger partial charge in [-0.05, 0) is 36.0 Å². The molecule has 0 radical (unpaired) electrons. The number of aromatic carboxylic acids is 1. The molecule has 0 atom stereocenters. The van der Waals surface area contributed by atoms with Crippen molar-refractivity contribution in [2.24, 2.45) is 5.10 Å². The van der Waals surface area contributed by atoms with Gasteiger partial charge in [-0.15, -0.1) is 0 Å². The highest BCUT2D eigenvalue weighted by atomic mass is 32.2. The summed E-state index contributed by atoms with van der Waals surface area (Å²) in [6.07, 6.45) is 1.47. The van der Waals surface area contributed by atoms with Crippen LogP contribution in [0.3, 0.4) is 0 Å². The van der Waals surface area contributed by atoms with Crippen LogP contribution in [0.25, 0.3) is 0 Å². The van der Waals surface area contributed by atoms with Crippen LogP contribution < -0.4 is 5.43 Å². The Hall–Kier alpha value is -2.67. The van der Waals surface area contributed by atoms with Crippen molar-refractivity contribution in [3.8, 4) is 0 Å². The summed E-state index contributed by atoms with van der Waals surface area (Å²) in [5.41, 5.74) is 3.52. The van der Waals surface area contributed by atoms with Crippen molar-refractivity contribution >= 4 is 34.2 Å². The molecule has 1 heterocycles. The molecule has 0 aliphatic carbocycles. The first-order valence-electron chi connectivity index (χ1n) is 6.34. The largest absolute Gasteiger partial charge is 0.478 e. The van der Waals surface area contributed by atoms with Gasteiger partial charge in [0.25, 0.3) is 0 Å². The van der Waals surface area contributed by atoms with Crippen LogP contribution in [0.5, 0.6) is 0 Å². The van der Waals surface area contributed by atoms with Crippen molar-refractivity contribution < 1.29 is 14.7 Å². The summed E-state index contributed by atoms with van der Waals surface area (Å²) in [5, 5.41) is 13.5. The third-order valence-corrected chi connectivity index (χ3v) is 3.65. The second-order valence-electron chi connectivity index (χ2n) is 4.21. The number of carbonyl (C=O) groups excluding carboxylic acids is 1. The lowest BCUT2D eigenvalue weighted by atomic mass is 10.3. The van der Waals surface area contributed by atoms with E-state index in [1.165, 1.54) is 25.3 Å². The van der Waals surface area contributed by atoms with Gasteiger partial charge < -0.3 is 5.11 Å². The van der Waals surface area contributed by atoms with Gasteiger partial charge in [0.1, 0.15) is 5.03 Å². The summed E-state index contributed by atoms with van der Waals surface area (Å²) < 4.78 is 0. The average molecular weight is 315 g/mol. The number of thioether (sulfide) groups is 1. The molecule has 2 rings (SSSR count). The Balaban J connectivity index is 2.23. The normalized spacial score (nSPS) is 11.0. The maximum Gasteiger partial charge on any atom is 0.338 e. The number of anilines is 1. The number of pyridine rings is 1. The number of para-hydroxylation sites is 1. The first-order valence-corrected chi connectivity index (χ1v) is 7.15. The van der Waals surface area contributed by atoms with Crippen LogP contribution in [0.2, 0.25) is 0 Å². The summed E-state index contributed by atoms with van der Waals surface area (Å²) in [6, 6.07) is 12.1. The Morgan fingerprint density at radius 1 is 1.18 bits per heavy atom. The molecule has 2 aromatic rings. The molecule has 0 saturated heterocycles. The Morgan fingerprint density at radius 3 is 2.55 bits per heavy atom. The van der Waals surface area contributed by atoms with Gasteiger partial charge in [0.05, 0.1) is 11.3 Å². The second kappa shape index (κ2) is 7.37. The molecule has 0 unspecified atom stereocenters. The van der Waals surface area contributed by atoms with Crippen LogP contribution in [-0.4, -0.2) is 26.9 Å². The van der Waals surface area contributed by atoms with E-state index in [0.29, 0.717) is 0 Å². The zero-order chi connectivity index (χ0) is 15.9. The summed E-state index contributed by atoms with van der Waals surface area (Å²) >= 11 is 0.917. The molecule has 0 amide bonds. The molecule has 0 aliphatic rings. The van der Waals surface area contributed by atoms with Crippen molar-refractivity contribution in [3.63, 3.8) is 0 Å². The summed E-state index contributed by atoms with van der Waals surface area (Å²) in [6.45, 7) is 1.36. The number of carboxylic acid groups (broad SMARTS) is 1. The molecule has 1 aromatic heterocycles. The fraction of sp³-hybridized carbons (Fsp3) is 0.0667. The van der Waals surface area contributed by atoms with Crippen LogP contribution >= 0.6 is 11.8 Å². The predicted octanol–water partition coefficient (Wildman–Crippen LogP) is 2.89. The molecule has 0 bridgehead atoms. The number of hydrazone groups is 1. The molecule has 0 spiro atoms. The minimum Gasteiger partial charge on any atom is -0.478 e. The lowest BCUT2D eigenvalue weighted by Gasteiger charge is -2.06. The van der Waals surface area contributed by atoms with Gasteiger partial charge in [0.15, 0.2) is 10.8 Å². The SMILES string of the molecule is CC(=O)C(=NNc1ccccc1)Sc1ncccc1C(=O)O. The lowest BCUT2D eigenvalue weighted by molar-refractivity contribution is -0.110. The van der Waals surface area contributed by atoms with Crippen molar-refractivity contribution in [3.05, 3.63) is 54.2 Å². The van der Waals surface area contributed by atoms with Gasteiger partial charge in [-0.2, -0.15) is 5.10 Å². The number of ketones is 1. The number of nitrogens with zero attached hydrogens (tertiary/aromatic N) is 2. The fourth-order valence-electron chi connectivity index (χ4n) is 1.53. The predicted molar refractivity (Wildman–Crippen MR) is 85.2 cm³/mol. The van der Waals surface area contributed by atoms with Gasteiger partial charge in [-0.1, -0.05) is 18.2 Å². The zero-order valence-corrected chi connectivity index (χ0v) is 12.5. The molecule has 0 saturated carbocycles. The number of Topliss-reactive ketones (excluding diaryl/α,β-unsaturated/α-hetero) is 1. The Kier molecular flexibility index (Phi) is 5.26. The summed E-state index contributed by atoms with van der Waals surface area (Å²) in [4.78, 5) is 26.8. The molecular weight excluding hydrogens is 302 g/mol. The third kappa shape index (κ3) is 4.16. The number of aromatic nitrogens is 1. The van der Waals surface area contributed by atoms with E-state index in [-0.39, 0.29) is 21.4 Å². The molecular formula is C15H13N3O3S. The van der Waals surface area contributed by atoms with E-state index in [1.54, 1.807) is 12.1 Å². The van der Waals surface area contributed by atoms with Crippen LogP contribution in [0.15, 0.2) is 58.8 Å². The Morgan fingerprint density at radius 2 is 1.91 bits per heavy atom. The van der Waals surface area contributed by atoms with E-state index in [2.05, 4.69) is 15.5 Å². The molecule has 2 N–H and O–H groups in total. The van der Waals surface area contributed by atoms with Crippen molar-refractivity contribution in [1.29, 1.82) is 0 Å². The standard InChI is InChI=1S/C15H13N3O3S/c1-10(19)13(18-17-11-6-3-2-4-7-11)22-14-12(15(20)21)8-5-9-16-14/h2-9,17H,1H3,(H,20,21). The minimum atomic E-state index is -1.10. The Labute approximate surface area is 131 Å². The first kappa shape index (κ1) is 15.7. The number of carbonyl (C=O) groups is 2. The van der Waals surface area contributed by atoms with Crippen LogP contribution in [0.4, 0.5) is 5.69 Å². The van der Waals surface area contributed by atoms with Crippen molar-refractivity contribution in [2.75, 3.05) is 5.43 Å². The number of hydrogen-bond donors (Lipinski definition) is 2. The zero-order valence-electron chi connectivity index (χ0n) is 11.7. The van der Waals surface area contributed by atoms with Gasteiger partial charge in [0.2, 0.25) is 0 Å². The first-order chi connectivity index (χ1) is 10.6. The molecule has 112 valence electrons. The van der Waals surface area contributed by atoms with Crippen molar-refractivity contribution in [2.45, 2.75) is 11.9 Å². The minimum absolute atomic E-state index is 0.0289. The van der Waals surface area contributed by atoms with Gasteiger partial charge in [-0.25, -0.2) is 9.78 Å². The van der Waals surface area contributed by atoms with Gasteiger partial charge in [0, 0.05) is 13.1 Å². The molecule has 7 heteroatoms. The van der Waals surface area contributed by atoms with E-state index in [9.17, 15) is 9.59 Å². The molecule has 1 aromatic carbocycles. The number of nitrogens with one attached hydrogen (secondary N) is 1. The molecule has 0 aliphatic heterocycles. The maximum absolute atomic E-state index is 11.7. The highest BCUT2D eigenvalue weighted by molar-refractivity contribution is 8.15. The lowest BCUT2D eigenvalue weighted by Crippen LogP contribution is -2.10. The summed E-state index contributed by atoms with van der Waals surface area (Å²) in [7, 11) is 0. The number of carboxylic acids is 1. The van der Waals surface area contributed by atoms with Crippen LogP contribution in [0, 0.1) is 0 Å². The van der Waals surface area contributed by atoms with E-state index < -0.39 is 5.97 Å².